The van der Waals surface area contributed by atoms with E-state index in [4.69, 9.17) is 15.5 Å². The van der Waals surface area contributed by atoms with Crippen LogP contribution in [-0.2, 0) is 9.53 Å². The molecule has 192 valence electrons. The molecule has 36 heavy (non-hydrogen) atoms. The van der Waals surface area contributed by atoms with Gasteiger partial charge >= 0.3 is 0 Å². The van der Waals surface area contributed by atoms with Gasteiger partial charge in [0.1, 0.15) is 11.6 Å². The van der Waals surface area contributed by atoms with E-state index in [1.54, 1.807) is 35.2 Å². The smallest absolute Gasteiger partial charge is 0.296 e. The lowest BCUT2D eigenvalue weighted by atomic mass is 10.1. The molecule has 1 unspecified atom stereocenters. The van der Waals surface area contributed by atoms with E-state index in [9.17, 15) is 13.6 Å². The third-order valence-corrected chi connectivity index (χ3v) is 6.63. The van der Waals surface area contributed by atoms with Crippen LogP contribution >= 0.6 is 0 Å². The summed E-state index contributed by atoms with van der Waals surface area (Å²) in [7, 11) is 0. The molecule has 2 aliphatic rings. The minimum atomic E-state index is -2.77. The third kappa shape index (κ3) is 5.09. The van der Waals surface area contributed by atoms with E-state index in [-0.39, 0.29) is 24.3 Å². The zero-order chi connectivity index (χ0) is 25.1. The summed E-state index contributed by atoms with van der Waals surface area (Å²) in [5.41, 5.74) is 6.56. The number of hydrogen-bond donors (Lipinski definition) is 2. The molecule has 2 fully saturated rings. The van der Waals surface area contributed by atoms with Crippen molar-refractivity contribution in [1.82, 2.24) is 24.4 Å². The SMILES string of the molecule is NCC(=O)N1CCCC(Nc2nc(N3CCOCC3)cc(-n3c(C(F)F)nc4ccccc43)n2)CC1. The highest BCUT2D eigenvalue weighted by molar-refractivity contribution is 5.78. The second kappa shape index (κ2) is 10.7. The molecule has 2 aromatic heterocycles. The first-order valence-corrected chi connectivity index (χ1v) is 12.3. The van der Waals surface area contributed by atoms with Gasteiger partial charge in [-0.15, -0.1) is 0 Å². The lowest BCUT2D eigenvalue weighted by Crippen LogP contribution is -2.37. The van der Waals surface area contributed by atoms with Crippen LogP contribution in [0, 0.1) is 0 Å². The lowest BCUT2D eigenvalue weighted by Gasteiger charge is -2.28. The fourth-order valence-electron chi connectivity index (χ4n) is 4.79. The molecule has 3 aromatic rings. The van der Waals surface area contributed by atoms with Gasteiger partial charge in [-0.25, -0.2) is 13.8 Å². The summed E-state index contributed by atoms with van der Waals surface area (Å²) in [6.07, 6.45) is -0.419. The summed E-state index contributed by atoms with van der Waals surface area (Å²) < 4.78 is 35.0. The number of para-hydroxylation sites is 2. The molecular weight excluding hydrogens is 470 g/mol. The quantitative estimate of drug-likeness (QED) is 0.530. The number of carbonyl (C=O) groups is 1. The van der Waals surface area contributed by atoms with Crippen molar-refractivity contribution in [2.75, 3.05) is 56.2 Å². The number of hydrogen-bond acceptors (Lipinski definition) is 8. The van der Waals surface area contributed by atoms with E-state index >= 15 is 0 Å². The first kappa shape index (κ1) is 24.3. The number of amides is 1. The summed E-state index contributed by atoms with van der Waals surface area (Å²) in [5, 5.41) is 3.41. The normalized spacial score (nSPS) is 19.1. The topological polar surface area (TPSA) is 114 Å². The number of ether oxygens (including phenoxy) is 1. The van der Waals surface area contributed by atoms with Crippen molar-refractivity contribution in [3.63, 3.8) is 0 Å². The molecule has 0 aliphatic carbocycles. The van der Waals surface area contributed by atoms with Crippen LogP contribution in [0.5, 0.6) is 0 Å². The molecule has 1 amide bonds. The number of nitrogens with two attached hydrogens (primary N) is 1. The molecule has 0 radical (unpaired) electrons. The molecule has 2 aliphatic heterocycles. The van der Waals surface area contributed by atoms with Crippen molar-refractivity contribution in [3.8, 4) is 5.82 Å². The number of likely N-dealkylation sites (tertiary alicyclic amines) is 1. The van der Waals surface area contributed by atoms with E-state index in [0.29, 0.717) is 74.4 Å². The van der Waals surface area contributed by atoms with Crippen LogP contribution in [-0.4, -0.2) is 82.3 Å². The van der Waals surface area contributed by atoms with Gasteiger partial charge in [-0.3, -0.25) is 9.36 Å². The van der Waals surface area contributed by atoms with E-state index in [0.717, 1.165) is 12.8 Å². The van der Waals surface area contributed by atoms with Gasteiger partial charge in [-0.1, -0.05) is 12.1 Å². The molecule has 10 nitrogen and oxygen atoms in total. The predicted octanol–water partition coefficient (Wildman–Crippen LogP) is 2.34. The van der Waals surface area contributed by atoms with Crippen LogP contribution in [0.2, 0.25) is 0 Å². The highest BCUT2D eigenvalue weighted by Gasteiger charge is 2.25. The maximum Gasteiger partial charge on any atom is 0.296 e. The van der Waals surface area contributed by atoms with Crippen LogP contribution in [0.1, 0.15) is 31.5 Å². The second-order valence-corrected chi connectivity index (χ2v) is 8.96. The number of alkyl halides is 2. The van der Waals surface area contributed by atoms with Gasteiger partial charge in [0.25, 0.3) is 6.43 Å². The summed E-state index contributed by atoms with van der Waals surface area (Å²) in [6, 6.07) is 8.78. The number of morpholine rings is 1. The molecule has 1 atom stereocenters. The van der Waals surface area contributed by atoms with Crippen molar-refractivity contribution in [3.05, 3.63) is 36.2 Å². The third-order valence-electron chi connectivity index (χ3n) is 6.63. The standard InChI is InChI=1S/C24H30F2N8O2/c25-22(26)23-29-17-5-1-2-6-18(17)34(23)20-14-19(32-10-12-36-13-11-32)30-24(31-20)28-16-4-3-8-33(9-7-16)21(35)15-27/h1-2,5-6,14,16,22H,3-4,7-13,15,27H2,(H,28,30,31). The second-order valence-electron chi connectivity index (χ2n) is 8.96. The molecular formula is C24H30F2N8O2. The maximum absolute atomic E-state index is 14.0. The Labute approximate surface area is 207 Å². The summed E-state index contributed by atoms with van der Waals surface area (Å²) in [4.78, 5) is 29.5. The molecule has 0 saturated carbocycles. The number of aromatic nitrogens is 4. The Morgan fingerprint density at radius 1 is 1.08 bits per heavy atom. The molecule has 0 spiro atoms. The minimum Gasteiger partial charge on any atom is -0.378 e. The fraction of sp³-hybridized carbons (Fsp3) is 0.500. The van der Waals surface area contributed by atoms with Gasteiger partial charge in [-0.05, 0) is 31.4 Å². The number of halogens is 2. The van der Waals surface area contributed by atoms with Crippen LogP contribution in [0.3, 0.4) is 0 Å². The van der Waals surface area contributed by atoms with Crippen molar-refractivity contribution < 1.29 is 18.3 Å². The minimum absolute atomic E-state index is 0.00249. The van der Waals surface area contributed by atoms with Gasteiger partial charge < -0.3 is 25.6 Å². The van der Waals surface area contributed by atoms with Crippen molar-refractivity contribution in [2.45, 2.75) is 31.7 Å². The molecule has 1 aromatic carbocycles. The number of benzene rings is 1. The van der Waals surface area contributed by atoms with E-state index < -0.39 is 6.43 Å². The molecule has 2 saturated heterocycles. The molecule has 12 heteroatoms. The Morgan fingerprint density at radius 2 is 1.86 bits per heavy atom. The Bertz CT molecular complexity index is 1210. The Hall–Kier alpha value is -3.38. The number of nitrogens with one attached hydrogen (secondary N) is 1. The number of anilines is 2. The number of rotatable bonds is 6. The van der Waals surface area contributed by atoms with E-state index in [2.05, 4.69) is 20.2 Å². The average Bonchev–Trinajstić information content (AvgIpc) is 3.15. The fourth-order valence-corrected chi connectivity index (χ4v) is 4.79. The zero-order valence-electron chi connectivity index (χ0n) is 19.9. The van der Waals surface area contributed by atoms with Gasteiger partial charge in [0.15, 0.2) is 5.82 Å². The van der Waals surface area contributed by atoms with Gasteiger partial charge in [0.05, 0.1) is 30.8 Å². The predicted molar refractivity (Wildman–Crippen MR) is 132 cm³/mol. The summed E-state index contributed by atoms with van der Waals surface area (Å²) in [6.45, 7) is 3.65. The number of nitrogens with zero attached hydrogens (tertiary/aromatic N) is 6. The Balaban J connectivity index is 1.51. The highest BCUT2D eigenvalue weighted by Crippen LogP contribution is 2.29. The van der Waals surface area contributed by atoms with Crippen LogP contribution < -0.4 is 16.0 Å². The maximum atomic E-state index is 14.0. The van der Waals surface area contributed by atoms with Crippen molar-refractivity contribution >= 4 is 28.7 Å². The largest absolute Gasteiger partial charge is 0.378 e. The zero-order valence-corrected chi connectivity index (χ0v) is 19.9. The number of fused-ring (bicyclic) bond motifs is 1. The van der Waals surface area contributed by atoms with E-state index in [1.165, 1.54) is 4.57 Å². The monoisotopic (exact) mass is 500 g/mol. The van der Waals surface area contributed by atoms with E-state index in [1.807, 2.05) is 0 Å². The summed E-state index contributed by atoms with van der Waals surface area (Å²) >= 11 is 0. The molecule has 4 heterocycles. The Kier molecular flexibility index (Phi) is 7.23. The summed E-state index contributed by atoms with van der Waals surface area (Å²) in [5.74, 6) is 0.897. The van der Waals surface area contributed by atoms with Crippen molar-refractivity contribution in [1.29, 1.82) is 0 Å². The first-order chi connectivity index (χ1) is 17.5. The lowest BCUT2D eigenvalue weighted by molar-refractivity contribution is -0.129. The number of imidazole rings is 1. The number of carbonyl (C=O) groups excluding carboxylic acids is 1. The molecule has 3 N–H and O–H groups in total. The van der Waals surface area contributed by atoms with Crippen LogP contribution in [0.4, 0.5) is 20.5 Å². The van der Waals surface area contributed by atoms with Gasteiger partial charge in [0, 0.05) is 38.3 Å². The van der Waals surface area contributed by atoms with Gasteiger partial charge in [-0.2, -0.15) is 9.97 Å². The molecule has 0 bridgehead atoms. The van der Waals surface area contributed by atoms with Crippen LogP contribution in [0.25, 0.3) is 16.9 Å². The Morgan fingerprint density at radius 3 is 2.64 bits per heavy atom. The highest BCUT2D eigenvalue weighted by atomic mass is 19.3. The average molecular weight is 501 g/mol. The van der Waals surface area contributed by atoms with Crippen molar-refractivity contribution in [2.24, 2.45) is 5.73 Å². The first-order valence-electron chi connectivity index (χ1n) is 12.3. The molecule has 5 rings (SSSR count). The van der Waals surface area contributed by atoms with Crippen LogP contribution in [0.15, 0.2) is 30.3 Å². The van der Waals surface area contributed by atoms with Gasteiger partial charge in [0.2, 0.25) is 11.9 Å².